The van der Waals surface area contributed by atoms with Crippen LogP contribution in [0.2, 0.25) is 0 Å². The Morgan fingerprint density at radius 1 is 0.429 bits per heavy atom. The molecule has 0 aromatic carbocycles. The van der Waals surface area contributed by atoms with Crippen molar-refractivity contribution in [2.75, 3.05) is 0 Å². The highest BCUT2D eigenvalue weighted by Gasteiger charge is 1.83. The minimum absolute atomic E-state index is 1.15. The van der Waals surface area contributed by atoms with Gasteiger partial charge in [0.1, 0.15) is 0 Å². The summed E-state index contributed by atoms with van der Waals surface area (Å²) in [6.07, 6.45) is 25.0. The maximum atomic E-state index is 2.27. The second kappa shape index (κ2) is 8.55. The van der Waals surface area contributed by atoms with Crippen molar-refractivity contribution < 1.29 is 0 Å². The molecule has 0 amide bonds. The van der Waals surface area contributed by atoms with Gasteiger partial charge in [-0.2, -0.15) is 0 Å². The Morgan fingerprint density at radius 3 is 1.21 bits per heavy atom. The maximum Gasteiger partial charge on any atom is -0.0313 e. The van der Waals surface area contributed by atoms with Crippen molar-refractivity contribution in [3.63, 3.8) is 0 Å². The van der Waals surface area contributed by atoms with Crippen LogP contribution in [-0.4, -0.2) is 0 Å². The van der Waals surface area contributed by atoms with Gasteiger partial charge in [0.05, 0.1) is 0 Å². The van der Waals surface area contributed by atoms with Gasteiger partial charge in [0.2, 0.25) is 0 Å². The lowest BCUT2D eigenvalue weighted by Crippen LogP contribution is -1.72. The molecule has 0 heteroatoms. The first kappa shape index (κ1) is 11.0. The van der Waals surface area contributed by atoms with Crippen molar-refractivity contribution in [2.24, 2.45) is 0 Å². The van der Waals surface area contributed by atoms with Crippen LogP contribution in [0, 0.1) is 0 Å². The largest absolute Gasteiger partial charge is 0.0845 e. The molecule has 0 atom stereocenters. The quantitative estimate of drug-likeness (QED) is 0.522. The van der Waals surface area contributed by atoms with E-state index in [-0.39, 0.29) is 0 Å². The second-order valence-electron chi connectivity index (χ2n) is 3.57. The molecule has 14 heavy (non-hydrogen) atoms. The number of rotatable bonds is 0. The van der Waals surface area contributed by atoms with Crippen molar-refractivity contribution in [1.29, 1.82) is 0 Å². The third-order valence-corrected chi connectivity index (χ3v) is 2.26. The lowest BCUT2D eigenvalue weighted by molar-refractivity contribution is 0.762. The fourth-order valence-corrected chi connectivity index (χ4v) is 1.42. The van der Waals surface area contributed by atoms with Crippen molar-refractivity contribution in [3.05, 3.63) is 48.6 Å². The Labute approximate surface area is 87.7 Å². The van der Waals surface area contributed by atoms with Gasteiger partial charge in [0.25, 0.3) is 0 Å². The van der Waals surface area contributed by atoms with Gasteiger partial charge >= 0.3 is 0 Å². The molecule has 76 valence electrons. The van der Waals surface area contributed by atoms with E-state index in [1.54, 1.807) is 0 Å². The van der Waals surface area contributed by atoms with Gasteiger partial charge in [-0.1, -0.05) is 48.6 Å². The van der Waals surface area contributed by atoms with Crippen LogP contribution < -0.4 is 0 Å². The Hall–Kier alpha value is -1.04. The fraction of sp³-hybridized carbons (Fsp3) is 0.429. The zero-order valence-electron chi connectivity index (χ0n) is 8.86. The molecule has 0 unspecified atom stereocenters. The highest BCUT2D eigenvalue weighted by Crippen LogP contribution is 2.03. The maximum absolute atomic E-state index is 2.27. The monoisotopic (exact) mass is 188 g/mol. The zero-order valence-corrected chi connectivity index (χ0v) is 8.86. The molecule has 0 aliphatic heterocycles. The van der Waals surface area contributed by atoms with Crippen LogP contribution in [0.25, 0.3) is 0 Å². The number of allylic oxidation sites excluding steroid dienone is 8. The van der Waals surface area contributed by atoms with Gasteiger partial charge in [-0.25, -0.2) is 0 Å². The van der Waals surface area contributed by atoms with E-state index in [4.69, 9.17) is 0 Å². The molecule has 0 aromatic rings. The summed E-state index contributed by atoms with van der Waals surface area (Å²) in [4.78, 5) is 0. The first-order valence-corrected chi connectivity index (χ1v) is 5.63. The van der Waals surface area contributed by atoms with E-state index < -0.39 is 0 Å². The summed E-state index contributed by atoms with van der Waals surface area (Å²) in [5.74, 6) is 0. The van der Waals surface area contributed by atoms with Crippen molar-refractivity contribution in [2.45, 2.75) is 38.5 Å². The van der Waals surface area contributed by atoms with Gasteiger partial charge in [-0.05, 0) is 38.5 Å². The normalized spacial score (nSPS) is 19.4. The minimum Gasteiger partial charge on any atom is -0.0845 e. The van der Waals surface area contributed by atoms with Crippen LogP contribution in [0.5, 0.6) is 0 Å². The molecule has 0 N–H and O–H groups in total. The van der Waals surface area contributed by atoms with Crippen LogP contribution >= 0.6 is 0 Å². The molecular formula is C14H20. The van der Waals surface area contributed by atoms with E-state index in [0.29, 0.717) is 0 Å². The highest BCUT2D eigenvalue weighted by atomic mass is 13.9. The first-order valence-electron chi connectivity index (χ1n) is 5.63. The zero-order chi connectivity index (χ0) is 9.90. The van der Waals surface area contributed by atoms with Gasteiger partial charge in [-0.3, -0.25) is 0 Å². The number of hydrogen-bond acceptors (Lipinski definition) is 0. The molecule has 0 radical (unpaired) electrons. The topological polar surface area (TPSA) is 0 Å². The summed E-state index contributed by atoms with van der Waals surface area (Å²) < 4.78 is 0. The molecule has 0 bridgehead atoms. The Morgan fingerprint density at radius 2 is 0.786 bits per heavy atom. The molecule has 0 heterocycles. The van der Waals surface area contributed by atoms with Crippen LogP contribution in [0.3, 0.4) is 0 Å². The average molecular weight is 188 g/mol. The van der Waals surface area contributed by atoms with E-state index in [9.17, 15) is 0 Å². The van der Waals surface area contributed by atoms with Crippen LogP contribution in [-0.2, 0) is 0 Å². The molecule has 0 aromatic heterocycles. The second-order valence-corrected chi connectivity index (χ2v) is 3.57. The van der Waals surface area contributed by atoms with Gasteiger partial charge in [0, 0.05) is 0 Å². The SMILES string of the molecule is C1=CCCC=CC=CCCCCC=C1. The van der Waals surface area contributed by atoms with Crippen LogP contribution in [0.15, 0.2) is 48.6 Å². The molecule has 0 nitrogen and oxygen atoms in total. The highest BCUT2D eigenvalue weighted by molar-refractivity contribution is 5.05. The summed E-state index contributed by atoms with van der Waals surface area (Å²) in [5.41, 5.74) is 0. The van der Waals surface area contributed by atoms with E-state index in [1.165, 1.54) is 25.7 Å². The summed E-state index contributed by atoms with van der Waals surface area (Å²) in [6, 6.07) is 0. The molecule has 1 aliphatic carbocycles. The summed E-state index contributed by atoms with van der Waals surface area (Å²) in [6.45, 7) is 0. The van der Waals surface area contributed by atoms with Gasteiger partial charge in [0.15, 0.2) is 0 Å². The van der Waals surface area contributed by atoms with E-state index in [1.807, 2.05) is 0 Å². The van der Waals surface area contributed by atoms with Crippen molar-refractivity contribution >= 4 is 0 Å². The predicted molar refractivity (Wildman–Crippen MR) is 64.3 cm³/mol. The molecular weight excluding hydrogens is 168 g/mol. The van der Waals surface area contributed by atoms with E-state index in [0.717, 1.165) is 12.8 Å². The smallest absolute Gasteiger partial charge is 0.0313 e. The van der Waals surface area contributed by atoms with Crippen LogP contribution in [0.1, 0.15) is 38.5 Å². The predicted octanol–water partition coefficient (Wildman–Crippen LogP) is 4.57. The fourth-order valence-electron chi connectivity index (χ4n) is 1.42. The minimum atomic E-state index is 1.15. The average Bonchev–Trinajstić information content (AvgIpc) is 2.22. The standard InChI is InChI=1S/C14H20/c1-2-4-6-8-10-12-14-13-11-9-7-5-3-1/h1-4,9,11,13-14H,5-8,10,12H2. The summed E-state index contributed by atoms with van der Waals surface area (Å²) >= 11 is 0. The molecule has 1 rings (SSSR count). The first-order chi connectivity index (χ1) is 7.00. The summed E-state index contributed by atoms with van der Waals surface area (Å²) in [5, 5.41) is 0. The third-order valence-electron chi connectivity index (χ3n) is 2.26. The molecule has 0 spiro atoms. The van der Waals surface area contributed by atoms with Gasteiger partial charge < -0.3 is 0 Å². The third kappa shape index (κ3) is 6.47. The Balaban J connectivity index is 2.34. The molecule has 1 aliphatic rings. The van der Waals surface area contributed by atoms with Crippen LogP contribution in [0.4, 0.5) is 0 Å². The molecule has 0 fully saturated rings. The van der Waals surface area contributed by atoms with E-state index >= 15 is 0 Å². The Bertz CT molecular complexity index is 202. The van der Waals surface area contributed by atoms with Crippen molar-refractivity contribution in [1.82, 2.24) is 0 Å². The summed E-state index contributed by atoms with van der Waals surface area (Å²) in [7, 11) is 0. The lowest BCUT2D eigenvalue weighted by Gasteiger charge is -1.92. The molecule has 0 saturated heterocycles. The van der Waals surface area contributed by atoms with Crippen molar-refractivity contribution in [3.8, 4) is 0 Å². The number of hydrogen-bond donors (Lipinski definition) is 0. The van der Waals surface area contributed by atoms with E-state index in [2.05, 4.69) is 48.6 Å². The molecule has 0 saturated carbocycles. The Kier molecular flexibility index (Phi) is 6.74. The van der Waals surface area contributed by atoms with Gasteiger partial charge in [-0.15, -0.1) is 0 Å². The lowest BCUT2D eigenvalue weighted by atomic mass is 10.1.